The lowest BCUT2D eigenvalue weighted by molar-refractivity contribution is -0.157. The van der Waals surface area contributed by atoms with Crippen LogP contribution in [0.3, 0.4) is 0 Å². The first kappa shape index (κ1) is 22.9. The van der Waals surface area contributed by atoms with E-state index in [2.05, 4.69) is 10.6 Å². The number of hydrogen-bond donors (Lipinski definition) is 2. The third-order valence-electron chi connectivity index (χ3n) is 4.70. The van der Waals surface area contributed by atoms with E-state index in [9.17, 15) is 9.59 Å². The Labute approximate surface area is 158 Å². The van der Waals surface area contributed by atoms with Crippen molar-refractivity contribution in [2.24, 2.45) is 5.92 Å². The number of carbonyl (C=O) groups excluding carboxylic acids is 2. The van der Waals surface area contributed by atoms with Crippen LogP contribution < -0.4 is 10.6 Å². The zero-order valence-corrected chi connectivity index (χ0v) is 17.4. The Morgan fingerprint density at radius 1 is 1.23 bits per heavy atom. The summed E-state index contributed by atoms with van der Waals surface area (Å²) < 4.78 is 10.9. The van der Waals surface area contributed by atoms with Crippen molar-refractivity contribution < 1.29 is 19.1 Å². The van der Waals surface area contributed by atoms with Gasteiger partial charge in [0.2, 0.25) is 5.91 Å². The fourth-order valence-corrected chi connectivity index (χ4v) is 3.59. The Bertz CT molecular complexity index is 448. The van der Waals surface area contributed by atoms with Crippen molar-refractivity contribution in [3.8, 4) is 0 Å². The summed E-state index contributed by atoms with van der Waals surface area (Å²) in [6.45, 7) is 9.94. The summed E-state index contributed by atoms with van der Waals surface area (Å²) in [4.78, 5) is 23.4. The molecule has 0 saturated carbocycles. The SMILES string of the molecule is COC[C@@H]1C[C@H](C(=O)OC(C)(C)C)N[C@@H]1CCCCC[C@H](C)NC(C)=O. The van der Waals surface area contributed by atoms with Crippen LogP contribution in [0.5, 0.6) is 0 Å². The summed E-state index contributed by atoms with van der Waals surface area (Å²) in [6.07, 6.45) is 6.12. The molecule has 0 spiro atoms. The van der Waals surface area contributed by atoms with Crippen molar-refractivity contribution in [3.63, 3.8) is 0 Å². The monoisotopic (exact) mass is 370 g/mol. The van der Waals surface area contributed by atoms with Gasteiger partial charge >= 0.3 is 5.97 Å². The summed E-state index contributed by atoms with van der Waals surface area (Å²) in [7, 11) is 1.71. The maximum Gasteiger partial charge on any atom is 0.323 e. The van der Waals surface area contributed by atoms with Crippen LogP contribution >= 0.6 is 0 Å². The quantitative estimate of drug-likeness (QED) is 0.457. The van der Waals surface area contributed by atoms with Crippen LogP contribution in [0.4, 0.5) is 0 Å². The molecule has 1 heterocycles. The number of hydrogen-bond acceptors (Lipinski definition) is 5. The van der Waals surface area contributed by atoms with Crippen LogP contribution in [0.2, 0.25) is 0 Å². The molecule has 2 N–H and O–H groups in total. The Balaban J connectivity index is 2.37. The van der Waals surface area contributed by atoms with Crippen LogP contribution in [0.15, 0.2) is 0 Å². The van der Waals surface area contributed by atoms with Gasteiger partial charge in [0.1, 0.15) is 11.6 Å². The molecule has 4 atom stereocenters. The van der Waals surface area contributed by atoms with Gasteiger partial charge < -0.3 is 20.1 Å². The molecule has 0 radical (unpaired) electrons. The number of methoxy groups -OCH3 is 1. The zero-order chi connectivity index (χ0) is 19.7. The molecule has 1 saturated heterocycles. The fourth-order valence-electron chi connectivity index (χ4n) is 3.59. The van der Waals surface area contributed by atoms with Crippen molar-refractivity contribution in [1.82, 2.24) is 10.6 Å². The van der Waals surface area contributed by atoms with Crippen LogP contribution in [-0.2, 0) is 19.1 Å². The highest BCUT2D eigenvalue weighted by Gasteiger charge is 2.38. The van der Waals surface area contributed by atoms with E-state index in [1.54, 1.807) is 14.0 Å². The van der Waals surface area contributed by atoms with Crippen LogP contribution in [-0.4, -0.2) is 49.3 Å². The Kier molecular flexibility index (Phi) is 9.58. The molecule has 152 valence electrons. The van der Waals surface area contributed by atoms with Crippen LogP contribution in [0, 0.1) is 5.92 Å². The highest BCUT2D eigenvalue weighted by molar-refractivity contribution is 5.76. The Hall–Kier alpha value is -1.14. The molecule has 0 bridgehead atoms. The van der Waals surface area contributed by atoms with Crippen molar-refractivity contribution in [2.75, 3.05) is 13.7 Å². The Morgan fingerprint density at radius 2 is 1.92 bits per heavy atom. The molecule has 1 amide bonds. The Morgan fingerprint density at radius 3 is 2.50 bits per heavy atom. The zero-order valence-electron chi connectivity index (χ0n) is 17.4. The third kappa shape index (κ3) is 8.99. The van der Waals surface area contributed by atoms with Gasteiger partial charge in [-0.15, -0.1) is 0 Å². The lowest BCUT2D eigenvalue weighted by Crippen LogP contribution is -2.40. The van der Waals surface area contributed by atoms with Crippen LogP contribution in [0.1, 0.15) is 73.1 Å². The van der Waals surface area contributed by atoms with Gasteiger partial charge in [0.25, 0.3) is 0 Å². The standard InChI is InChI=1S/C20H38N2O4/c1-14(21-15(2)23)10-8-7-9-11-17-16(13-25-6)12-18(22-17)19(24)26-20(3,4)5/h14,16-18,22H,7-13H2,1-6H3,(H,21,23)/t14-,16-,17+,18+/m0/s1. The van der Waals surface area contributed by atoms with E-state index in [0.29, 0.717) is 18.6 Å². The summed E-state index contributed by atoms with van der Waals surface area (Å²) in [6, 6.07) is 0.286. The minimum atomic E-state index is -0.460. The van der Waals surface area contributed by atoms with Gasteiger partial charge in [0, 0.05) is 26.1 Å². The number of ether oxygens (including phenoxy) is 2. The molecule has 6 nitrogen and oxygen atoms in total. The predicted octanol–water partition coefficient (Wildman–Crippen LogP) is 2.80. The van der Waals surface area contributed by atoms with E-state index in [0.717, 1.165) is 38.5 Å². The minimum Gasteiger partial charge on any atom is -0.459 e. The average Bonchev–Trinajstić information content (AvgIpc) is 2.88. The lowest BCUT2D eigenvalue weighted by atomic mass is 9.95. The normalized spacial score (nSPS) is 24.3. The molecule has 0 unspecified atom stereocenters. The topological polar surface area (TPSA) is 76.7 Å². The molecule has 0 aliphatic carbocycles. The molecule has 0 aromatic rings. The number of amides is 1. The first-order chi connectivity index (χ1) is 12.1. The van der Waals surface area contributed by atoms with Gasteiger partial charge in [0.05, 0.1) is 6.61 Å². The van der Waals surface area contributed by atoms with E-state index in [-0.39, 0.29) is 24.0 Å². The number of esters is 1. The molecule has 6 heteroatoms. The van der Waals surface area contributed by atoms with E-state index in [1.807, 2.05) is 27.7 Å². The summed E-state index contributed by atoms with van der Waals surface area (Å²) in [5.41, 5.74) is -0.460. The highest BCUT2D eigenvalue weighted by atomic mass is 16.6. The first-order valence-corrected chi connectivity index (χ1v) is 9.87. The second-order valence-electron chi connectivity index (χ2n) is 8.55. The smallest absolute Gasteiger partial charge is 0.323 e. The average molecular weight is 371 g/mol. The summed E-state index contributed by atoms with van der Waals surface area (Å²) >= 11 is 0. The molecular formula is C20H38N2O4. The fraction of sp³-hybridized carbons (Fsp3) is 0.900. The van der Waals surface area contributed by atoms with Crippen molar-refractivity contribution >= 4 is 11.9 Å². The van der Waals surface area contributed by atoms with Gasteiger partial charge in [-0.2, -0.15) is 0 Å². The van der Waals surface area contributed by atoms with Crippen molar-refractivity contribution in [3.05, 3.63) is 0 Å². The first-order valence-electron chi connectivity index (χ1n) is 9.87. The van der Waals surface area contributed by atoms with Gasteiger partial charge in [-0.25, -0.2) is 0 Å². The molecule has 0 aromatic carbocycles. The molecule has 1 fully saturated rings. The second kappa shape index (κ2) is 10.9. The molecule has 1 aliphatic rings. The predicted molar refractivity (Wildman–Crippen MR) is 103 cm³/mol. The minimum absolute atomic E-state index is 0.0308. The summed E-state index contributed by atoms with van der Waals surface area (Å²) in [5, 5.41) is 6.38. The van der Waals surface area contributed by atoms with Crippen molar-refractivity contribution in [1.29, 1.82) is 0 Å². The maximum absolute atomic E-state index is 12.3. The van der Waals surface area contributed by atoms with Gasteiger partial charge in [-0.05, 0) is 52.9 Å². The van der Waals surface area contributed by atoms with Gasteiger partial charge in [-0.3, -0.25) is 9.59 Å². The highest BCUT2D eigenvalue weighted by Crippen LogP contribution is 2.26. The maximum atomic E-state index is 12.3. The molecule has 26 heavy (non-hydrogen) atoms. The second-order valence-corrected chi connectivity index (χ2v) is 8.55. The number of nitrogens with one attached hydrogen (secondary N) is 2. The van der Waals surface area contributed by atoms with Crippen molar-refractivity contribution in [2.45, 2.75) is 96.9 Å². The lowest BCUT2D eigenvalue weighted by Gasteiger charge is -2.22. The summed E-state index contributed by atoms with van der Waals surface area (Å²) in [5.74, 6) is 0.212. The molecule has 1 rings (SSSR count). The van der Waals surface area contributed by atoms with E-state index < -0.39 is 5.60 Å². The molecule has 1 aliphatic heterocycles. The number of rotatable bonds is 10. The number of unbranched alkanes of at least 4 members (excludes halogenated alkanes) is 2. The number of carbonyl (C=O) groups is 2. The molecular weight excluding hydrogens is 332 g/mol. The van der Waals surface area contributed by atoms with Gasteiger partial charge in [0.15, 0.2) is 0 Å². The van der Waals surface area contributed by atoms with E-state index in [4.69, 9.17) is 9.47 Å². The van der Waals surface area contributed by atoms with E-state index >= 15 is 0 Å². The largest absolute Gasteiger partial charge is 0.459 e. The van der Waals surface area contributed by atoms with Gasteiger partial charge in [-0.1, -0.05) is 19.3 Å². The van der Waals surface area contributed by atoms with Crippen LogP contribution in [0.25, 0.3) is 0 Å². The third-order valence-corrected chi connectivity index (χ3v) is 4.70. The van der Waals surface area contributed by atoms with E-state index in [1.165, 1.54) is 0 Å². The molecule has 0 aromatic heterocycles.